The number of anilines is 1. The van der Waals surface area contributed by atoms with E-state index in [9.17, 15) is 18.0 Å². The number of hydrogen-bond acceptors (Lipinski definition) is 2. The maximum absolute atomic E-state index is 13.6. The predicted molar refractivity (Wildman–Crippen MR) is 74.8 cm³/mol. The Labute approximate surface area is 126 Å². The van der Waals surface area contributed by atoms with Crippen LogP contribution in [0.2, 0.25) is 0 Å². The number of carbonyl (C=O) groups is 1. The van der Waals surface area contributed by atoms with Crippen LogP contribution in [0.4, 0.5) is 18.9 Å². The smallest absolute Gasteiger partial charge is 0.258 e. The lowest BCUT2D eigenvalue weighted by atomic mass is 10.1. The van der Waals surface area contributed by atoms with Crippen molar-refractivity contribution < 1.29 is 23.1 Å². The summed E-state index contributed by atoms with van der Waals surface area (Å²) in [5.41, 5.74) is 0.366. The number of amides is 1. The molecular weight excluding hydrogens is 351 g/mol. The molecule has 0 bridgehead atoms. The van der Waals surface area contributed by atoms with E-state index in [4.69, 9.17) is 5.11 Å². The van der Waals surface area contributed by atoms with Gasteiger partial charge in [-0.1, -0.05) is 12.1 Å². The van der Waals surface area contributed by atoms with Crippen molar-refractivity contribution in [2.45, 2.75) is 6.92 Å². The van der Waals surface area contributed by atoms with Crippen LogP contribution in [0.1, 0.15) is 15.9 Å². The first kappa shape index (κ1) is 15.4. The highest BCUT2D eigenvalue weighted by molar-refractivity contribution is 9.10. The predicted octanol–water partition coefficient (Wildman–Crippen LogP) is 4.13. The molecule has 0 fully saturated rings. The third-order valence-corrected chi connectivity index (χ3v) is 3.87. The summed E-state index contributed by atoms with van der Waals surface area (Å²) in [6, 6.07) is 5.38. The fourth-order valence-electron chi connectivity index (χ4n) is 1.69. The average molecular weight is 360 g/mol. The van der Waals surface area contributed by atoms with E-state index in [2.05, 4.69) is 21.2 Å². The summed E-state index contributed by atoms with van der Waals surface area (Å²) in [5.74, 6) is -7.30. The summed E-state index contributed by atoms with van der Waals surface area (Å²) in [4.78, 5) is 11.9. The van der Waals surface area contributed by atoms with Crippen molar-refractivity contribution in [3.05, 3.63) is 57.3 Å². The van der Waals surface area contributed by atoms with Gasteiger partial charge >= 0.3 is 0 Å². The Kier molecular flexibility index (Phi) is 4.22. The molecule has 110 valence electrons. The molecule has 0 aliphatic carbocycles. The van der Waals surface area contributed by atoms with E-state index in [-0.39, 0.29) is 0 Å². The number of aromatic hydroxyl groups is 1. The largest absolute Gasteiger partial charge is 0.503 e. The minimum atomic E-state index is -1.74. The number of nitrogens with one attached hydrogen (secondary N) is 1. The summed E-state index contributed by atoms with van der Waals surface area (Å²) in [6.07, 6.45) is 0. The van der Waals surface area contributed by atoms with Gasteiger partial charge in [-0.25, -0.2) is 8.78 Å². The van der Waals surface area contributed by atoms with Gasteiger partial charge in [-0.05, 0) is 40.5 Å². The third-order valence-electron chi connectivity index (χ3n) is 2.82. The van der Waals surface area contributed by atoms with Gasteiger partial charge in [0.2, 0.25) is 5.82 Å². The Morgan fingerprint density at radius 1 is 1.24 bits per heavy atom. The molecule has 0 atom stereocenters. The zero-order valence-electron chi connectivity index (χ0n) is 10.7. The molecule has 1 amide bonds. The first-order chi connectivity index (χ1) is 9.82. The number of phenols is 1. The number of halogens is 4. The molecule has 2 aromatic rings. The molecule has 2 aromatic carbocycles. The van der Waals surface area contributed by atoms with Crippen LogP contribution in [0.3, 0.4) is 0 Å². The van der Waals surface area contributed by atoms with E-state index in [1.807, 2.05) is 0 Å². The van der Waals surface area contributed by atoms with E-state index in [0.717, 1.165) is 5.56 Å². The lowest BCUT2D eigenvalue weighted by Gasteiger charge is -2.10. The second kappa shape index (κ2) is 5.77. The van der Waals surface area contributed by atoms with Gasteiger partial charge in [-0.15, -0.1) is 0 Å². The molecule has 0 heterocycles. The van der Waals surface area contributed by atoms with Gasteiger partial charge in [0.15, 0.2) is 17.4 Å². The van der Waals surface area contributed by atoms with E-state index >= 15 is 0 Å². The monoisotopic (exact) mass is 359 g/mol. The van der Waals surface area contributed by atoms with Crippen LogP contribution in [0, 0.1) is 24.4 Å². The molecule has 0 saturated carbocycles. The molecule has 3 nitrogen and oxygen atoms in total. The normalized spacial score (nSPS) is 10.5. The van der Waals surface area contributed by atoms with Gasteiger partial charge in [0.05, 0.1) is 11.3 Å². The first-order valence-electron chi connectivity index (χ1n) is 5.76. The minimum Gasteiger partial charge on any atom is -0.503 e. The molecule has 0 radical (unpaired) electrons. The molecule has 7 heteroatoms. The molecule has 21 heavy (non-hydrogen) atoms. The van der Waals surface area contributed by atoms with Crippen LogP contribution in [0.25, 0.3) is 0 Å². The molecule has 0 aliphatic heterocycles. The highest BCUT2D eigenvalue weighted by Crippen LogP contribution is 2.29. The van der Waals surface area contributed by atoms with Crippen molar-refractivity contribution in [3.8, 4) is 5.75 Å². The summed E-state index contributed by atoms with van der Waals surface area (Å²) in [6.45, 7) is 1.78. The molecule has 2 rings (SSSR count). The maximum Gasteiger partial charge on any atom is 0.258 e. The number of aryl methyl sites for hydroxylation is 1. The second-order valence-electron chi connectivity index (χ2n) is 4.27. The van der Waals surface area contributed by atoms with Crippen molar-refractivity contribution in [2.75, 3.05) is 5.32 Å². The first-order valence-corrected chi connectivity index (χ1v) is 6.55. The number of phenolic OH excluding ortho intramolecular Hbond substituents is 1. The standard InChI is InChI=1S/C14H9BrF3NO2/c1-6-3-2-4-9(10(6)15)19-14(21)7-5-8(16)12(18)13(20)11(7)17/h2-5,20H,1H3,(H,19,21). The lowest BCUT2D eigenvalue weighted by Crippen LogP contribution is -2.15. The maximum atomic E-state index is 13.6. The van der Waals surface area contributed by atoms with Gasteiger partial charge in [0.1, 0.15) is 0 Å². The lowest BCUT2D eigenvalue weighted by molar-refractivity contribution is 0.102. The highest BCUT2D eigenvalue weighted by Gasteiger charge is 2.23. The van der Waals surface area contributed by atoms with Crippen LogP contribution in [0.5, 0.6) is 5.75 Å². The Bertz CT molecular complexity index is 735. The van der Waals surface area contributed by atoms with Crippen molar-refractivity contribution in [1.82, 2.24) is 0 Å². The van der Waals surface area contributed by atoms with Crippen molar-refractivity contribution in [1.29, 1.82) is 0 Å². The summed E-state index contributed by atoms with van der Waals surface area (Å²) in [5, 5.41) is 11.5. The average Bonchev–Trinajstić information content (AvgIpc) is 2.45. The van der Waals surface area contributed by atoms with Gasteiger partial charge in [0.25, 0.3) is 5.91 Å². The second-order valence-corrected chi connectivity index (χ2v) is 5.07. The summed E-state index contributed by atoms with van der Waals surface area (Å²) >= 11 is 3.25. The Morgan fingerprint density at radius 3 is 2.57 bits per heavy atom. The molecular formula is C14H9BrF3NO2. The van der Waals surface area contributed by atoms with Gasteiger partial charge in [-0.3, -0.25) is 4.79 Å². The third kappa shape index (κ3) is 2.87. The Hall–Kier alpha value is -2.02. The molecule has 0 unspecified atom stereocenters. The molecule has 0 aromatic heterocycles. The van der Waals surface area contributed by atoms with Crippen molar-refractivity contribution in [2.24, 2.45) is 0 Å². The van der Waals surface area contributed by atoms with Crippen LogP contribution in [0.15, 0.2) is 28.7 Å². The zero-order chi connectivity index (χ0) is 15.7. The van der Waals surface area contributed by atoms with Crippen LogP contribution < -0.4 is 5.32 Å². The molecule has 0 aliphatic rings. The van der Waals surface area contributed by atoms with Gasteiger partial charge in [-0.2, -0.15) is 4.39 Å². The van der Waals surface area contributed by atoms with E-state index in [1.54, 1.807) is 25.1 Å². The van der Waals surface area contributed by atoms with Crippen molar-refractivity contribution in [3.63, 3.8) is 0 Å². The molecule has 0 spiro atoms. The van der Waals surface area contributed by atoms with E-state index in [0.29, 0.717) is 16.2 Å². The van der Waals surface area contributed by atoms with E-state index in [1.165, 1.54) is 0 Å². The Morgan fingerprint density at radius 2 is 1.90 bits per heavy atom. The van der Waals surface area contributed by atoms with Crippen molar-refractivity contribution >= 4 is 27.5 Å². The van der Waals surface area contributed by atoms with Crippen LogP contribution in [-0.4, -0.2) is 11.0 Å². The molecule has 0 saturated heterocycles. The van der Waals surface area contributed by atoms with E-state index < -0.39 is 34.7 Å². The fourth-order valence-corrected chi connectivity index (χ4v) is 2.05. The summed E-state index contributed by atoms with van der Waals surface area (Å²) < 4.78 is 40.4. The molecule has 2 N–H and O–H groups in total. The highest BCUT2D eigenvalue weighted by atomic mass is 79.9. The number of benzene rings is 2. The topological polar surface area (TPSA) is 49.3 Å². The van der Waals surface area contributed by atoms with Gasteiger partial charge < -0.3 is 10.4 Å². The van der Waals surface area contributed by atoms with Gasteiger partial charge in [0, 0.05) is 4.47 Å². The number of hydrogen-bond donors (Lipinski definition) is 2. The Balaban J connectivity index is 2.40. The number of rotatable bonds is 2. The van der Waals surface area contributed by atoms with Crippen LogP contribution in [-0.2, 0) is 0 Å². The zero-order valence-corrected chi connectivity index (χ0v) is 12.3. The SMILES string of the molecule is Cc1cccc(NC(=O)c2cc(F)c(F)c(O)c2F)c1Br. The summed E-state index contributed by atoms with van der Waals surface area (Å²) in [7, 11) is 0. The number of carbonyl (C=O) groups excluding carboxylic acids is 1. The fraction of sp³-hybridized carbons (Fsp3) is 0.0714. The van der Waals surface area contributed by atoms with Crippen LogP contribution >= 0.6 is 15.9 Å². The quantitative estimate of drug-likeness (QED) is 0.792. The minimum absolute atomic E-state index is 0.337.